The van der Waals surface area contributed by atoms with Crippen molar-refractivity contribution in [1.82, 2.24) is 9.88 Å². The zero-order chi connectivity index (χ0) is 27.4. The average Bonchev–Trinajstić information content (AvgIpc) is 2.89. The highest BCUT2D eigenvalue weighted by atomic mass is 19.1. The molecule has 2 heterocycles. The van der Waals surface area contributed by atoms with E-state index in [2.05, 4.69) is 16.8 Å². The molecule has 3 aromatic rings. The van der Waals surface area contributed by atoms with E-state index in [1.165, 1.54) is 6.92 Å². The van der Waals surface area contributed by atoms with Gasteiger partial charge in [0.2, 0.25) is 5.91 Å². The van der Waals surface area contributed by atoms with E-state index < -0.39 is 41.2 Å². The van der Waals surface area contributed by atoms with Gasteiger partial charge in [-0.2, -0.15) is 0 Å². The van der Waals surface area contributed by atoms with Crippen LogP contribution in [0.1, 0.15) is 30.0 Å². The van der Waals surface area contributed by atoms with Gasteiger partial charge < -0.3 is 14.6 Å². The van der Waals surface area contributed by atoms with Crippen molar-refractivity contribution in [2.45, 2.75) is 25.8 Å². The van der Waals surface area contributed by atoms with E-state index in [0.29, 0.717) is 22.6 Å². The summed E-state index contributed by atoms with van der Waals surface area (Å²) in [4.78, 5) is 46.2. The summed E-state index contributed by atoms with van der Waals surface area (Å²) < 4.78 is 30.4. The summed E-state index contributed by atoms with van der Waals surface area (Å²) in [7, 11) is 1.77. The van der Waals surface area contributed by atoms with E-state index in [0.717, 1.165) is 22.6 Å². The second-order valence-electron chi connectivity index (χ2n) is 9.33. The van der Waals surface area contributed by atoms with Crippen molar-refractivity contribution in [3.05, 3.63) is 89.1 Å². The number of rotatable bonds is 6. The summed E-state index contributed by atoms with van der Waals surface area (Å²) in [6.45, 7) is 3.63. The third-order valence-electron chi connectivity index (χ3n) is 6.37. The smallest absolute Gasteiger partial charge is 0.332 e. The molecule has 1 aliphatic rings. The fourth-order valence-corrected chi connectivity index (χ4v) is 4.21. The number of urea groups is 1. The number of imide groups is 1. The Bertz CT molecular complexity index is 1430. The maximum absolute atomic E-state index is 15.2. The SMILES string of the molecule is Cc1ccnc(N(C)CCN2C(=O)N(c3c(F)cc(C#Cc4ccccc4)cc3F)C(=O)CC2(C)C=O)c1. The molecule has 2 aromatic carbocycles. The minimum absolute atomic E-state index is 0.00779. The number of aromatic nitrogens is 1. The number of carbonyl (C=O) groups excluding carboxylic acids is 3. The highest BCUT2D eigenvalue weighted by molar-refractivity contribution is 6.18. The third kappa shape index (κ3) is 5.39. The highest BCUT2D eigenvalue weighted by Gasteiger charge is 2.48. The summed E-state index contributed by atoms with van der Waals surface area (Å²) in [5, 5.41) is 0. The molecule has 9 heteroatoms. The zero-order valence-electron chi connectivity index (χ0n) is 21.2. The molecule has 1 saturated heterocycles. The normalized spacial score (nSPS) is 17.2. The number of likely N-dealkylation sites (N-methyl/N-ethyl adjacent to an activating group) is 1. The van der Waals surface area contributed by atoms with Crippen LogP contribution in [0.5, 0.6) is 0 Å². The number of benzene rings is 2. The van der Waals surface area contributed by atoms with Gasteiger partial charge in [-0.3, -0.25) is 4.79 Å². The van der Waals surface area contributed by atoms with Crippen molar-refractivity contribution in [2.24, 2.45) is 0 Å². The Balaban J connectivity index is 1.62. The Morgan fingerprint density at radius 3 is 2.34 bits per heavy atom. The molecule has 0 N–H and O–H groups in total. The standard InChI is InChI=1S/C29H26F2N4O3/c1-20-11-12-32-25(15-20)33(3)13-14-34-28(38)35(26(37)18-29(34,2)19-36)27-23(30)16-22(17-24(27)31)10-9-21-7-5-4-6-8-21/h4-8,11-12,15-17,19H,13-14,18H2,1-3H3. The van der Waals surface area contributed by atoms with Crippen LogP contribution in [0, 0.1) is 30.4 Å². The predicted octanol–water partition coefficient (Wildman–Crippen LogP) is 4.32. The third-order valence-corrected chi connectivity index (χ3v) is 6.37. The molecule has 194 valence electrons. The van der Waals surface area contributed by atoms with Crippen LogP contribution in [0.15, 0.2) is 60.8 Å². The molecule has 0 radical (unpaired) electrons. The molecule has 7 nitrogen and oxygen atoms in total. The monoisotopic (exact) mass is 516 g/mol. The van der Waals surface area contributed by atoms with Crippen LogP contribution in [-0.4, -0.2) is 53.8 Å². The van der Waals surface area contributed by atoms with Crippen molar-refractivity contribution in [3.8, 4) is 11.8 Å². The maximum Gasteiger partial charge on any atom is 0.332 e. The summed E-state index contributed by atoms with van der Waals surface area (Å²) in [5.74, 6) is 3.06. The first kappa shape index (κ1) is 26.5. The largest absolute Gasteiger partial charge is 0.358 e. The van der Waals surface area contributed by atoms with E-state index in [1.54, 1.807) is 42.4 Å². The fourth-order valence-electron chi connectivity index (χ4n) is 4.21. The minimum Gasteiger partial charge on any atom is -0.358 e. The zero-order valence-corrected chi connectivity index (χ0v) is 21.2. The highest BCUT2D eigenvalue weighted by Crippen LogP contribution is 2.33. The first-order valence-electron chi connectivity index (χ1n) is 11.9. The lowest BCUT2D eigenvalue weighted by Gasteiger charge is -2.44. The van der Waals surface area contributed by atoms with E-state index in [1.807, 2.05) is 25.1 Å². The average molecular weight is 517 g/mol. The first-order valence-corrected chi connectivity index (χ1v) is 11.9. The van der Waals surface area contributed by atoms with Gasteiger partial charge in [-0.25, -0.2) is 23.5 Å². The van der Waals surface area contributed by atoms with Crippen molar-refractivity contribution < 1.29 is 23.2 Å². The number of anilines is 2. The lowest BCUT2D eigenvalue weighted by atomic mass is 9.93. The van der Waals surface area contributed by atoms with Crippen molar-refractivity contribution in [2.75, 3.05) is 29.9 Å². The summed E-state index contributed by atoms with van der Waals surface area (Å²) in [6, 6.07) is 13.6. The lowest BCUT2D eigenvalue weighted by molar-refractivity contribution is -0.128. The molecule has 1 aromatic heterocycles. The van der Waals surface area contributed by atoms with Crippen molar-refractivity contribution in [1.29, 1.82) is 0 Å². The van der Waals surface area contributed by atoms with Crippen LogP contribution in [0.3, 0.4) is 0 Å². The lowest BCUT2D eigenvalue weighted by Crippen LogP contribution is -2.65. The molecular formula is C29H26F2N4O3. The second-order valence-corrected chi connectivity index (χ2v) is 9.33. The van der Waals surface area contributed by atoms with Gasteiger partial charge in [0.1, 0.15) is 23.3 Å². The van der Waals surface area contributed by atoms with E-state index in [4.69, 9.17) is 0 Å². The molecule has 1 aliphatic heterocycles. The number of nitrogens with zero attached hydrogens (tertiary/aromatic N) is 4. The Labute approximate surface area is 219 Å². The Morgan fingerprint density at radius 2 is 1.71 bits per heavy atom. The van der Waals surface area contributed by atoms with Gasteiger partial charge in [-0.05, 0) is 55.8 Å². The predicted molar refractivity (Wildman–Crippen MR) is 140 cm³/mol. The second kappa shape index (κ2) is 10.8. The molecule has 1 unspecified atom stereocenters. The van der Waals surface area contributed by atoms with Crippen LogP contribution in [-0.2, 0) is 9.59 Å². The number of amides is 3. The first-order chi connectivity index (χ1) is 18.1. The fraction of sp³-hybridized carbons (Fsp3) is 0.241. The molecule has 0 bridgehead atoms. The van der Waals surface area contributed by atoms with Gasteiger partial charge in [0.15, 0.2) is 11.6 Å². The molecule has 3 amide bonds. The number of aryl methyl sites for hydroxylation is 1. The number of aldehydes is 1. The van der Waals surface area contributed by atoms with Crippen LogP contribution in [0.2, 0.25) is 0 Å². The van der Waals surface area contributed by atoms with Crippen molar-refractivity contribution in [3.63, 3.8) is 0 Å². The molecule has 38 heavy (non-hydrogen) atoms. The molecular weight excluding hydrogens is 490 g/mol. The van der Waals surface area contributed by atoms with E-state index in [-0.39, 0.29) is 18.7 Å². The number of carbonyl (C=O) groups is 3. The maximum atomic E-state index is 15.2. The molecule has 1 atom stereocenters. The molecule has 1 fully saturated rings. The van der Waals surface area contributed by atoms with Gasteiger partial charge in [0.05, 0.1) is 6.42 Å². The number of hydrogen-bond acceptors (Lipinski definition) is 5. The van der Waals surface area contributed by atoms with Crippen LogP contribution in [0.4, 0.5) is 25.1 Å². The number of hydrogen-bond donors (Lipinski definition) is 0. The molecule has 0 saturated carbocycles. The Kier molecular flexibility index (Phi) is 7.53. The Morgan fingerprint density at radius 1 is 1.05 bits per heavy atom. The van der Waals surface area contributed by atoms with Gasteiger partial charge in [0, 0.05) is 37.5 Å². The van der Waals surface area contributed by atoms with Gasteiger partial charge in [-0.15, -0.1) is 0 Å². The Hall–Kier alpha value is -4.58. The number of pyridine rings is 1. The molecule has 0 aliphatic carbocycles. The summed E-state index contributed by atoms with van der Waals surface area (Å²) >= 11 is 0. The van der Waals surface area contributed by atoms with Gasteiger partial charge in [0.25, 0.3) is 0 Å². The van der Waals surface area contributed by atoms with Crippen molar-refractivity contribution >= 4 is 29.7 Å². The quantitative estimate of drug-likeness (QED) is 0.361. The van der Waals surface area contributed by atoms with E-state index in [9.17, 15) is 14.4 Å². The molecule has 4 rings (SSSR count). The van der Waals surface area contributed by atoms with Crippen LogP contribution in [0.25, 0.3) is 0 Å². The van der Waals surface area contributed by atoms with Crippen LogP contribution >= 0.6 is 0 Å². The topological polar surface area (TPSA) is 73.8 Å². The van der Waals surface area contributed by atoms with Gasteiger partial charge in [-0.1, -0.05) is 30.0 Å². The summed E-state index contributed by atoms with van der Waals surface area (Å²) in [5.41, 5.74) is -0.565. The van der Waals surface area contributed by atoms with Crippen LogP contribution < -0.4 is 9.80 Å². The summed E-state index contributed by atoms with van der Waals surface area (Å²) in [6.07, 6.45) is 1.74. The van der Waals surface area contributed by atoms with Gasteiger partial charge >= 0.3 is 6.03 Å². The van der Waals surface area contributed by atoms with E-state index >= 15 is 8.78 Å². The number of halogens is 2. The minimum atomic E-state index is -1.47. The molecule has 0 spiro atoms.